The highest BCUT2D eigenvalue weighted by Gasteiger charge is 2.20. The van der Waals surface area contributed by atoms with Crippen molar-refractivity contribution >= 4 is 5.97 Å². The van der Waals surface area contributed by atoms with Crippen LogP contribution in [-0.4, -0.2) is 18.1 Å². The molecule has 31 heavy (non-hydrogen) atoms. The van der Waals surface area contributed by atoms with Crippen LogP contribution in [0.15, 0.2) is 46.9 Å². The summed E-state index contributed by atoms with van der Waals surface area (Å²) < 4.78 is 22.7. The summed E-state index contributed by atoms with van der Waals surface area (Å²) in [4.78, 5) is 16.2. The van der Waals surface area contributed by atoms with Crippen molar-refractivity contribution in [1.82, 2.24) is 4.98 Å². The maximum atomic E-state index is 11.6. The number of methoxy groups -OCH3 is 1. The second-order valence-corrected chi connectivity index (χ2v) is 6.87. The monoisotopic (exact) mass is 420 g/mol. The van der Waals surface area contributed by atoms with Gasteiger partial charge < -0.3 is 18.6 Å². The minimum Gasteiger partial charge on any atom is -0.490 e. The number of nitriles is 1. The molecule has 1 aromatic heterocycles. The first-order chi connectivity index (χ1) is 15.0. The molecule has 0 N–H and O–H groups in total. The van der Waals surface area contributed by atoms with Gasteiger partial charge in [0, 0.05) is 18.9 Å². The Morgan fingerprint density at radius 2 is 1.94 bits per heavy atom. The first kappa shape index (κ1) is 21.9. The van der Waals surface area contributed by atoms with E-state index < -0.39 is 5.97 Å². The molecule has 0 aliphatic carbocycles. The topological polar surface area (TPSA) is 94.6 Å². The van der Waals surface area contributed by atoms with Gasteiger partial charge in [-0.05, 0) is 43.5 Å². The van der Waals surface area contributed by atoms with Gasteiger partial charge in [0.05, 0.1) is 13.2 Å². The molecule has 0 aliphatic rings. The molecule has 160 valence electrons. The summed E-state index contributed by atoms with van der Waals surface area (Å²) in [6.07, 6.45) is 1.64. The van der Waals surface area contributed by atoms with Crippen LogP contribution in [0.4, 0.5) is 0 Å². The lowest BCUT2D eigenvalue weighted by molar-refractivity contribution is -0.132. The lowest BCUT2D eigenvalue weighted by atomic mass is 10.1. The standard InChI is InChI=1S/C24H24N2O5/c1-16-20(26-24(30-16)19-10-5-4-6-11-19)15-29-21-13-12-18(9-7-8-14-25)22(23(21)28-3)31-17(2)27/h4-6,10-13H,7-9,15H2,1-3H3. The van der Waals surface area contributed by atoms with Crippen LogP contribution < -0.4 is 14.2 Å². The van der Waals surface area contributed by atoms with Crippen LogP contribution in [0.3, 0.4) is 0 Å². The van der Waals surface area contributed by atoms with E-state index in [2.05, 4.69) is 11.1 Å². The van der Waals surface area contributed by atoms with Crippen molar-refractivity contribution < 1.29 is 23.4 Å². The molecule has 7 nitrogen and oxygen atoms in total. The number of rotatable bonds is 9. The summed E-state index contributed by atoms with van der Waals surface area (Å²) in [7, 11) is 1.49. The SMILES string of the molecule is COc1c(OCc2nc(-c3ccccc3)oc2C)ccc(CCCC#N)c1OC(C)=O. The minimum absolute atomic E-state index is 0.159. The quantitative estimate of drug-likeness (QED) is 0.273. The number of oxazole rings is 1. The zero-order chi connectivity index (χ0) is 22.2. The molecule has 0 saturated carbocycles. The van der Waals surface area contributed by atoms with Crippen LogP contribution >= 0.6 is 0 Å². The number of carbonyl (C=O) groups excluding carboxylic acids is 1. The van der Waals surface area contributed by atoms with Gasteiger partial charge in [0.15, 0.2) is 11.5 Å². The molecule has 2 aromatic carbocycles. The highest BCUT2D eigenvalue weighted by molar-refractivity contribution is 5.72. The number of hydrogen-bond donors (Lipinski definition) is 0. The van der Waals surface area contributed by atoms with E-state index in [0.29, 0.717) is 53.9 Å². The number of aromatic nitrogens is 1. The number of aryl methyl sites for hydroxylation is 2. The second kappa shape index (κ2) is 10.3. The van der Waals surface area contributed by atoms with E-state index in [1.165, 1.54) is 14.0 Å². The van der Waals surface area contributed by atoms with Crippen LogP contribution in [0.1, 0.15) is 36.8 Å². The number of nitrogens with zero attached hydrogens (tertiary/aromatic N) is 2. The molecule has 0 spiro atoms. The average molecular weight is 420 g/mol. The third kappa shape index (κ3) is 5.43. The number of ether oxygens (including phenoxy) is 3. The van der Waals surface area contributed by atoms with Crippen molar-refractivity contribution in [2.45, 2.75) is 39.7 Å². The molecule has 0 radical (unpaired) electrons. The number of carbonyl (C=O) groups is 1. The Hall–Kier alpha value is -3.79. The minimum atomic E-state index is -0.461. The summed E-state index contributed by atoms with van der Waals surface area (Å²) in [5.41, 5.74) is 2.32. The smallest absolute Gasteiger partial charge is 0.308 e. The lowest BCUT2D eigenvalue weighted by Gasteiger charge is -2.17. The predicted molar refractivity (Wildman–Crippen MR) is 114 cm³/mol. The van der Waals surface area contributed by atoms with Crippen molar-refractivity contribution in [2.24, 2.45) is 0 Å². The molecule has 0 atom stereocenters. The predicted octanol–water partition coefficient (Wildman–Crippen LogP) is 5.01. The Morgan fingerprint density at radius 1 is 1.16 bits per heavy atom. The summed E-state index contributed by atoms with van der Waals surface area (Å²) in [6, 6.07) is 15.3. The van der Waals surface area contributed by atoms with Crippen molar-refractivity contribution in [3.8, 4) is 34.8 Å². The van der Waals surface area contributed by atoms with Gasteiger partial charge in [0.1, 0.15) is 18.1 Å². The fourth-order valence-corrected chi connectivity index (χ4v) is 3.11. The third-order valence-corrected chi connectivity index (χ3v) is 4.62. The molecule has 1 heterocycles. The van der Waals surface area contributed by atoms with Crippen molar-refractivity contribution in [3.63, 3.8) is 0 Å². The lowest BCUT2D eigenvalue weighted by Crippen LogP contribution is -2.08. The van der Waals surface area contributed by atoms with E-state index in [4.69, 9.17) is 23.9 Å². The van der Waals surface area contributed by atoms with Gasteiger partial charge in [-0.2, -0.15) is 5.26 Å². The van der Waals surface area contributed by atoms with Crippen molar-refractivity contribution in [3.05, 3.63) is 59.5 Å². The van der Waals surface area contributed by atoms with E-state index >= 15 is 0 Å². The molecular weight excluding hydrogens is 396 g/mol. The normalized spacial score (nSPS) is 10.4. The Kier molecular flexibility index (Phi) is 7.28. The van der Waals surface area contributed by atoms with Gasteiger partial charge in [0.2, 0.25) is 11.6 Å². The van der Waals surface area contributed by atoms with Crippen LogP contribution in [-0.2, 0) is 17.8 Å². The Morgan fingerprint density at radius 3 is 2.61 bits per heavy atom. The first-order valence-electron chi connectivity index (χ1n) is 9.93. The molecule has 0 saturated heterocycles. The molecule has 0 aliphatic heterocycles. The highest BCUT2D eigenvalue weighted by atomic mass is 16.6. The Bertz CT molecular complexity index is 1080. The van der Waals surface area contributed by atoms with Crippen molar-refractivity contribution in [2.75, 3.05) is 7.11 Å². The van der Waals surface area contributed by atoms with E-state index in [0.717, 1.165) is 11.1 Å². The molecular formula is C24H24N2O5. The largest absolute Gasteiger partial charge is 0.490 e. The summed E-state index contributed by atoms with van der Waals surface area (Å²) >= 11 is 0. The van der Waals surface area contributed by atoms with E-state index in [9.17, 15) is 4.79 Å². The van der Waals surface area contributed by atoms with Gasteiger partial charge in [-0.25, -0.2) is 4.98 Å². The summed E-state index contributed by atoms with van der Waals surface area (Å²) in [6.45, 7) is 3.32. The fourth-order valence-electron chi connectivity index (χ4n) is 3.11. The van der Waals surface area contributed by atoms with E-state index in [1.807, 2.05) is 43.3 Å². The summed E-state index contributed by atoms with van der Waals surface area (Å²) in [5, 5.41) is 8.79. The van der Waals surface area contributed by atoms with Gasteiger partial charge in [-0.3, -0.25) is 4.79 Å². The molecule has 0 fully saturated rings. The van der Waals surface area contributed by atoms with Gasteiger partial charge in [-0.15, -0.1) is 0 Å². The Labute approximate surface area is 181 Å². The third-order valence-electron chi connectivity index (χ3n) is 4.62. The molecule has 0 bridgehead atoms. The Balaban J connectivity index is 1.83. The van der Waals surface area contributed by atoms with Gasteiger partial charge in [-0.1, -0.05) is 24.3 Å². The fraction of sp³-hybridized carbons (Fsp3) is 0.292. The van der Waals surface area contributed by atoms with E-state index in [1.54, 1.807) is 6.07 Å². The molecule has 3 aromatic rings. The van der Waals surface area contributed by atoms with E-state index in [-0.39, 0.29) is 6.61 Å². The summed E-state index contributed by atoms with van der Waals surface area (Å²) in [5.74, 6) is 1.79. The second-order valence-electron chi connectivity index (χ2n) is 6.87. The molecule has 0 unspecified atom stereocenters. The number of benzene rings is 2. The van der Waals surface area contributed by atoms with Gasteiger partial charge in [0.25, 0.3) is 0 Å². The zero-order valence-electron chi connectivity index (χ0n) is 17.8. The molecule has 3 rings (SSSR count). The average Bonchev–Trinajstić information content (AvgIpc) is 3.14. The number of esters is 1. The number of unbranched alkanes of at least 4 members (excludes halogenated alkanes) is 1. The van der Waals surface area contributed by atoms with Gasteiger partial charge >= 0.3 is 5.97 Å². The number of hydrogen-bond acceptors (Lipinski definition) is 7. The van der Waals surface area contributed by atoms with Crippen LogP contribution in [0.25, 0.3) is 11.5 Å². The maximum absolute atomic E-state index is 11.6. The molecule has 7 heteroatoms. The zero-order valence-corrected chi connectivity index (χ0v) is 17.8. The van der Waals surface area contributed by atoms with Crippen LogP contribution in [0.5, 0.6) is 17.2 Å². The molecule has 0 amide bonds. The first-order valence-corrected chi connectivity index (χ1v) is 9.93. The van der Waals surface area contributed by atoms with Crippen LogP contribution in [0.2, 0.25) is 0 Å². The maximum Gasteiger partial charge on any atom is 0.308 e. The van der Waals surface area contributed by atoms with Crippen LogP contribution in [0, 0.1) is 18.3 Å². The van der Waals surface area contributed by atoms with Crippen molar-refractivity contribution in [1.29, 1.82) is 5.26 Å². The highest BCUT2D eigenvalue weighted by Crippen LogP contribution is 2.41.